The lowest BCUT2D eigenvalue weighted by atomic mass is 10.1. The molecule has 2 nitrogen and oxygen atoms in total. The minimum atomic E-state index is -0.313. The van der Waals surface area contributed by atoms with E-state index in [0.717, 1.165) is 12.8 Å². The molecule has 0 aliphatic heterocycles. The Kier molecular flexibility index (Phi) is 3.26. The summed E-state index contributed by atoms with van der Waals surface area (Å²) in [7, 11) is 0. The molecule has 102 valence electrons. The Labute approximate surface area is 117 Å². The summed E-state index contributed by atoms with van der Waals surface area (Å²) in [6.07, 6.45) is 1.73. The summed E-state index contributed by atoms with van der Waals surface area (Å²) < 4.78 is 13.1. The van der Waals surface area contributed by atoms with Crippen LogP contribution in [0.25, 0.3) is 0 Å². The molecule has 0 heterocycles. The normalized spacial score (nSPS) is 14.1. The third kappa shape index (κ3) is 2.44. The smallest absolute Gasteiger partial charge is 0.251 e. The number of benzene rings is 2. The molecule has 1 aliphatic rings. The summed E-state index contributed by atoms with van der Waals surface area (Å²) in [6, 6.07) is 12.6. The molecule has 0 radical (unpaired) electrons. The molecule has 2 aromatic rings. The summed E-state index contributed by atoms with van der Waals surface area (Å²) in [5.41, 5.74) is 3.81. The van der Waals surface area contributed by atoms with Crippen LogP contribution in [0.2, 0.25) is 0 Å². The fourth-order valence-corrected chi connectivity index (χ4v) is 2.81. The highest BCUT2D eigenvalue weighted by atomic mass is 19.1. The van der Waals surface area contributed by atoms with Crippen LogP contribution in [0.15, 0.2) is 42.5 Å². The van der Waals surface area contributed by atoms with Gasteiger partial charge in [0.05, 0.1) is 0 Å². The summed E-state index contributed by atoms with van der Waals surface area (Å²) >= 11 is 0. The topological polar surface area (TPSA) is 29.1 Å². The summed E-state index contributed by atoms with van der Waals surface area (Å²) in [5, 5.41) is 3.04. The number of rotatable bonds is 2. The second kappa shape index (κ2) is 5.08. The monoisotopic (exact) mass is 269 g/mol. The maximum atomic E-state index is 13.1. The maximum Gasteiger partial charge on any atom is 0.251 e. The van der Waals surface area contributed by atoms with Crippen molar-refractivity contribution in [3.63, 3.8) is 0 Å². The van der Waals surface area contributed by atoms with Gasteiger partial charge in [0.25, 0.3) is 5.91 Å². The van der Waals surface area contributed by atoms with Crippen LogP contribution in [0.3, 0.4) is 0 Å². The van der Waals surface area contributed by atoms with Crippen molar-refractivity contribution in [2.75, 3.05) is 0 Å². The van der Waals surface area contributed by atoms with E-state index in [-0.39, 0.29) is 17.8 Å². The van der Waals surface area contributed by atoms with Gasteiger partial charge in [-0.2, -0.15) is 0 Å². The largest absolute Gasteiger partial charge is 0.349 e. The average molecular weight is 269 g/mol. The van der Waals surface area contributed by atoms with E-state index < -0.39 is 0 Å². The zero-order valence-electron chi connectivity index (χ0n) is 11.3. The van der Waals surface area contributed by atoms with Gasteiger partial charge in [-0.15, -0.1) is 0 Å². The highest BCUT2D eigenvalue weighted by molar-refractivity contribution is 5.95. The molecule has 0 saturated carbocycles. The third-order valence-electron chi connectivity index (χ3n) is 3.82. The van der Waals surface area contributed by atoms with Crippen molar-refractivity contribution in [2.24, 2.45) is 0 Å². The fourth-order valence-electron chi connectivity index (χ4n) is 2.81. The minimum Gasteiger partial charge on any atom is -0.349 e. The van der Waals surface area contributed by atoms with Crippen LogP contribution in [0.4, 0.5) is 4.39 Å². The molecule has 1 N–H and O–H groups in total. The maximum absolute atomic E-state index is 13.1. The molecule has 0 spiro atoms. The van der Waals surface area contributed by atoms with Crippen LogP contribution in [-0.4, -0.2) is 11.9 Å². The van der Waals surface area contributed by atoms with Gasteiger partial charge in [0.15, 0.2) is 0 Å². The van der Waals surface area contributed by atoms with Gasteiger partial charge in [0, 0.05) is 11.6 Å². The Morgan fingerprint density at radius 2 is 1.80 bits per heavy atom. The second-order valence-electron chi connectivity index (χ2n) is 5.31. The van der Waals surface area contributed by atoms with Crippen molar-refractivity contribution < 1.29 is 9.18 Å². The van der Waals surface area contributed by atoms with E-state index in [9.17, 15) is 9.18 Å². The van der Waals surface area contributed by atoms with E-state index in [4.69, 9.17) is 0 Å². The number of hydrogen-bond donors (Lipinski definition) is 1. The summed E-state index contributed by atoms with van der Waals surface area (Å²) in [6.45, 7) is 1.75. The lowest BCUT2D eigenvalue weighted by molar-refractivity contribution is 0.0938. The number of halogens is 1. The molecule has 0 aromatic heterocycles. The molecule has 3 rings (SSSR count). The van der Waals surface area contributed by atoms with E-state index in [1.807, 2.05) is 12.1 Å². The molecule has 0 atom stereocenters. The fraction of sp³-hybridized carbons (Fsp3) is 0.235. The van der Waals surface area contributed by atoms with Crippen molar-refractivity contribution in [1.29, 1.82) is 0 Å². The number of carbonyl (C=O) groups is 1. The second-order valence-corrected chi connectivity index (χ2v) is 5.31. The van der Waals surface area contributed by atoms with Crippen LogP contribution in [-0.2, 0) is 12.8 Å². The molecule has 1 amide bonds. The lowest BCUT2D eigenvalue weighted by Crippen LogP contribution is -2.35. The molecule has 0 saturated heterocycles. The molecule has 3 heteroatoms. The summed E-state index contributed by atoms with van der Waals surface area (Å²) in [5.74, 6) is -0.437. The van der Waals surface area contributed by atoms with Crippen molar-refractivity contribution >= 4 is 5.91 Å². The van der Waals surface area contributed by atoms with Gasteiger partial charge in [-0.05, 0) is 54.7 Å². The number of hydrogen-bond acceptors (Lipinski definition) is 1. The van der Waals surface area contributed by atoms with Crippen molar-refractivity contribution in [3.8, 4) is 0 Å². The quantitative estimate of drug-likeness (QED) is 0.892. The van der Waals surface area contributed by atoms with Crippen LogP contribution in [0.5, 0.6) is 0 Å². The molecule has 0 fully saturated rings. The number of fused-ring (bicyclic) bond motifs is 1. The van der Waals surface area contributed by atoms with Crippen LogP contribution in [0, 0.1) is 12.7 Å². The van der Waals surface area contributed by atoms with Gasteiger partial charge in [0.2, 0.25) is 0 Å². The van der Waals surface area contributed by atoms with Gasteiger partial charge in [-0.25, -0.2) is 4.39 Å². The number of amides is 1. The van der Waals surface area contributed by atoms with Crippen molar-refractivity contribution in [1.82, 2.24) is 5.32 Å². The standard InChI is InChI=1S/C17H16FNO/c1-11-8-14(18)6-7-16(11)17(20)19-15-9-12-4-2-3-5-13(12)10-15/h2-8,15H,9-10H2,1H3,(H,19,20). The van der Waals surface area contributed by atoms with E-state index in [2.05, 4.69) is 17.4 Å². The highest BCUT2D eigenvalue weighted by Gasteiger charge is 2.23. The lowest BCUT2D eigenvalue weighted by Gasteiger charge is -2.13. The van der Waals surface area contributed by atoms with Gasteiger partial charge in [-0.3, -0.25) is 4.79 Å². The number of nitrogens with one attached hydrogen (secondary N) is 1. The van der Waals surface area contributed by atoms with Gasteiger partial charge < -0.3 is 5.32 Å². The van der Waals surface area contributed by atoms with Gasteiger partial charge in [0.1, 0.15) is 5.82 Å². The Balaban J connectivity index is 1.72. The molecular formula is C17H16FNO. The van der Waals surface area contributed by atoms with E-state index in [1.54, 1.807) is 13.0 Å². The zero-order chi connectivity index (χ0) is 14.1. The predicted molar refractivity (Wildman–Crippen MR) is 76.2 cm³/mol. The molecule has 2 aromatic carbocycles. The molecule has 1 aliphatic carbocycles. The first kappa shape index (κ1) is 12.9. The Hall–Kier alpha value is -2.16. The van der Waals surface area contributed by atoms with Crippen LogP contribution >= 0.6 is 0 Å². The number of carbonyl (C=O) groups excluding carboxylic acids is 1. The van der Waals surface area contributed by atoms with Gasteiger partial charge in [-0.1, -0.05) is 24.3 Å². The molecule has 0 unspecified atom stereocenters. The third-order valence-corrected chi connectivity index (χ3v) is 3.82. The van der Waals surface area contributed by atoms with E-state index in [0.29, 0.717) is 11.1 Å². The molecular weight excluding hydrogens is 253 g/mol. The van der Waals surface area contributed by atoms with Crippen molar-refractivity contribution in [2.45, 2.75) is 25.8 Å². The van der Waals surface area contributed by atoms with E-state index >= 15 is 0 Å². The van der Waals surface area contributed by atoms with Crippen LogP contribution < -0.4 is 5.32 Å². The van der Waals surface area contributed by atoms with E-state index in [1.165, 1.54) is 23.3 Å². The Morgan fingerprint density at radius 1 is 1.15 bits per heavy atom. The zero-order valence-corrected chi connectivity index (χ0v) is 11.3. The summed E-state index contributed by atoms with van der Waals surface area (Å²) in [4.78, 5) is 12.3. The van der Waals surface area contributed by atoms with Gasteiger partial charge >= 0.3 is 0 Å². The van der Waals surface area contributed by atoms with Crippen LogP contribution in [0.1, 0.15) is 27.0 Å². The SMILES string of the molecule is Cc1cc(F)ccc1C(=O)NC1Cc2ccccc2C1. The minimum absolute atomic E-state index is 0.125. The predicted octanol–water partition coefficient (Wildman–Crippen LogP) is 3.03. The first-order chi connectivity index (χ1) is 9.63. The first-order valence-corrected chi connectivity index (χ1v) is 6.77. The number of aryl methyl sites for hydroxylation is 1. The highest BCUT2D eigenvalue weighted by Crippen LogP contribution is 2.22. The Morgan fingerprint density at radius 3 is 2.40 bits per heavy atom. The van der Waals surface area contributed by atoms with Crippen molar-refractivity contribution in [3.05, 3.63) is 70.5 Å². The first-order valence-electron chi connectivity index (χ1n) is 6.77. The molecule has 20 heavy (non-hydrogen) atoms. The Bertz CT molecular complexity index is 641. The average Bonchev–Trinajstić information content (AvgIpc) is 2.80. The molecule has 0 bridgehead atoms.